The quantitative estimate of drug-likeness (QED) is 0.874. The number of para-hydroxylation sites is 1. The number of nitrogens with one attached hydrogen (secondary N) is 1. The van der Waals surface area contributed by atoms with Gasteiger partial charge in [-0.05, 0) is 24.8 Å². The van der Waals surface area contributed by atoms with Gasteiger partial charge in [-0.15, -0.1) is 0 Å². The second-order valence-electron chi connectivity index (χ2n) is 6.72. The lowest BCUT2D eigenvalue weighted by Gasteiger charge is -2.27. The van der Waals surface area contributed by atoms with E-state index in [0.29, 0.717) is 13.0 Å². The van der Waals surface area contributed by atoms with Gasteiger partial charge in [0.2, 0.25) is 5.91 Å². The van der Waals surface area contributed by atoms with Crippen LogP contribution in [-0.4, -0.2) is 29.6 Å². The number of rotatable bonds is 5. The summed E-state index contributed by atoms with van der Waals surface area (Å²) in [6.45, 7) is 4.39. The lowest BCUT2D eigenvalue weighted by Crippen LogP contribution is -2.46. The molecule has 4 atom stereocenters. The van der Waals surface area contributed by atoms with Gasteiger partial charge in [-0.2, -0.15) is 0 Å². The fourth-order valence-electron chi connectivity index (χ4n) is 3.64. The zero-order valence-corrected chi connectivity index (χ0v) is 13.5. The standard InChI is InChI=1S/C18H23NO4/c1-3-11(2)15(17(21)22)19-16(20)13-10-18(13)8-9-23-14-7-5-4-6-12(14)18/h4-7,11,13,15H,3,8-10H2,1-2H3,(H,19,20)(H,21,22)/t11?,13-,15?,18-/m0/s1. The van der Waals surface area contributed by atoms with Gasteiger partial charge in [0, 0.05) is 16.9 Å². The minimum atomic E-state index is -0.963. The van der Waals surface area contributed by atoms with Crippen LogP contribution in [0.25, 0.3) is 0 Å². The van der Waals surface area contributed by atoms with Crippen molar-refractivity contribution in [2.45, 2.75) is 44.6 Å². The Balaban J connectivity index is 1.76. The number of hydrogen-bond donors (Lipinski definition) is 2. The Morgan fingerprint density at radius 1 is 1.43 bits per heavy atom. The number of amides is 1. The van der Waals surface area contributed by atoms with Gasteiger partial charge < -0.3 is 15.2 Å². The number of ether oxygens (including phenoxy) is 1. The maximum Gasteiger partial charge on any atom is 0.326 e. The molecule has 1 spiro atoms. The first-order valence-electron chi connectivity index (χ1n) is 8.25. The maximum atomic E-state index is 12.6. The molecule has 1 aromatic carbocycles. The molecule has 0 aromatic heterocycles. The second kappa shape index (κ2) is 5.87. The number of carboxylic acid groups (broad SMARTS) is 1. The number of carbonyl (C=O) groups is 2. The van der Waals surface area contributed by atoms with Crippen molar-refractivity contribution in [1.82, 2.24) is 5.32 Å². The number of fused-ring (bicyclic) bond motifs is 2. The zero-order valence-electron chi connectivity index (χ0n) is 13.5. The van der Waals surface area contributed by atoms with Gasteiger partial charge in [-0.25, -0.2) is 4.79 Å². The van der Waals surface area contributed by atoms with Gasteiger partial charge in [0.25, 0.3) is 0 Å². The van der Waals surface area contributed by atoms with E-state index in [9.17, 15) is 14.7 Å². The van der Waals surface area contributed by atoms with Crippen LogP contribution in [0.3, 0.4) is 0 Å². The molecule has 1 aliphatic heterocycles. The predicted molar refractivity (Wildman–Crippen MR) is 85.4 cm³/mol. The molecule has 3 rings (SSSR count). The summed E-state index contributed by atoms with van der Waals surface area (Å²) in [7, 11) is 0. The third-order valence-electron chi connectivity index (χ3n) is 5.40. The molecular formula is C18H23NO4. The molecular weight excluding hydrogens is 294 g/mol. The molecule has 2 aliphatic rings. The highest BCUT2D eigenvalue weighted by Crippen LogP contribution is 2.60. The molecule has 1 heterocycles. The molecule has 1 aliphatic carbocycles. The van der Waals surface area contributed by atoms with Gasteiger partial charge >= 0.3 is 5.97 Å². The molecule has 0 bridgehead atoms. The number of carbonyl (C=O) groups excluding carboxylic acids is 1. The van der Waals surface area contributed by atoms with Crippen LogP contribution in [0.5, 0.6) is 5.75 Å². The van der Waals surface area contributed by atoms with E-state index in [0.717, 1.165) is 24.2 Å². The summed E-state index contributed by atoms with van der Waals surface area (Å²) in [5.41, 5.74) is 0.916. The number of carboxylic acids is 1. The molecule has 1 saturated carbocycles. The fourth-order valence-corrected chi connectivity index (χ4v) is 3.64. The molecule has 23 heavy (non-hydrogen) atoms. The number of hydrogen-bond acceptors (Lipinski definition) is 3. The van der Waals surface area contributed by atoms with Crippen LogP contribution in [0.15, 0.2) is 24.3 Å². The maximum absolute atomic E-state index is 12.6. The van der Waals surface area contributed by atoms with Crippen LogP contribution in [-0.2, 0) is 15.0 Å². The summed E-state index contributed by atoms with van der Waals surface area (Å²) >= 11 is 0. The van der Waals surface area contributed by atoms with Gasteiger partial charge in [0.1, 0.15) is 11.8 Å². The Kier molecular flexibility index (Phi) is 4.04. The number of aliphatic carboxylic acids is 1. The van der Waals surface area contributed by atoms with Gasteiger partial charge in [-0.1, -0.05) is 38.5 Å². The van der Waals surface area contributed by atoms with E-state index < -0.39 is 12.0 Å². The predicted octanol–water partition coefficient (Wildman–Crippen LogP) is 2.34. The smallest absolute Gasteiger partial charge is 0.326 e. The summed E-state index contributed by atoms with van der Waals surface area (Å²) in [6.07, 6.45) is 2.29. The lowest BCUT2D eigenvalue weighted by atomic mass is 9.87. The average molecular weight is 317 g/mol. The van der Waals surface area contributed by atoms with E-state index in [2.05, 4.69) is 5.32 Å². The Morgan fingerprint density at radius 3 is 2.87 bits per heavy atom. The highest BCUT2D eigenvalue weighted by Gasteiger charge is 2.61. The third-order valence-corrected chi connectivity index (χ3v) is 5.40. The summed E-state index contributed by atoms with van der Waals surface area (Å²) in [5.74, 6) is -0.499. The SMILES string of the molecule is CCC(C)C(NC(=O)[C@@H]1C[C@]12CCOc1ccccc12)C(=O)O. The topological polar surface area (TPSA) is 75.6 Å². The lowest BCUT2D eigenvalue weighted by molar-refractivity contribution is -0.143. The van der Waals surface area contributed by atoms with Crippen LogP contribution in [0.1, 0.15) is 38.7 Å². The molecule has 1 aromatic rings. The molecule has 1 fully saturated rings. The van der Waals surface area contributed by atoms with Crippen LogP contribution in [0.4, 0.5) is 0 Å². The van der Waals surface area contributed by atoms with Crippen molar-refractivity contribution >= 4 is 11.9 Å². The Hall–Kier alpha value is -2.04. The third kappa shape index (κ3) is 2.69. The number of benzene rings is 1. The van der Waals surface area contributed by atoms with Crippen molar-refractivity contribution in [2.75, 3.05) is 6.61 Å². The van der Waals surface area contributed by atoms with Gasteiger partial charge in [0.05, 0.1) is 6.61 Å². The van der Waals surface area contributed by atoms with Gasteiger partial charge in [-0.3, -0.25) is 4.79 Å². The van der Waals surface area contributed by atoms with Crippen molar-refractivity contribution in [3.05, 3.63) is 29.8 Å². The molecule has 5 heteroatoms. The minimum absolute atomic E-state index is 0.0897. The largest absolute Gasteiger partial charge is 0.493 e. The summed E-state index contributed by atoms with van der Waals surface area (Å²) in [4.78, 5) is 24.0. The summed E-state index contributed by atoms with van der Waals surface area (Å²) < 4.78 is 5.68. The molecule has 5 nitrogen and oxygen atoms in total. The second-order valence-corrected chi connectivity index (χ2v) is 6.72. The Labute approximate surface area is 136 Å². The normalized spacial score (nSPS) is 27.5. The molecule has 2 unspecified atom stereocenters. The molecule has 0 radical (unpaired) electrons. The van der Waals surface area contributed by atoms with E-state index in [1.807, 2.05) is 38.1 Å². The zero-order chi connectivity index (χ0) is 16.6. The summed E-state index contributed by atoms with van der Waals surface area (Å²) in [6, 6.07) is 7.02. The highest BCUT2D eigenvalue weighted by atomic mass is 16.5. The van der Waals surface area contributed by atoms with Crippen molar-refractivity contribution in [1.29, 1.82) is 0 Å². The highest BCUT2D eigenvalue weighted by molar-refractivity contribution is 5.89. The molecule has 1 amide bonds. The van der Waals surface area contributed by atoms with E-state index in [1.165, 1.54) is 0 Å². The molecule has 2 N–H and O–H groups in total. The fraction of sp³-hybridized carbons (Fsp3) is 0.556. The first-order valence-corrected chi connectivity index (χ1v) is 8.25. The minimum Gasteiger partial charge on any atom is -0.493 e. The van der Waals surface area contributed by atoms with Crippen LogP contribution >= 0.6 is 0 Å². The molecule has 0 saturated heterocycles. The van der Waals surface area contributed by atoms with E-state index in [1.54, 1.807) is 0 Å². The first-order chi connectivity index (χ1) is 11.0. The Morgan fingerprint density at radius 2 is 2.17 bits per heavy atom. The Bertz CT molecular complexity index is 629. The van der Waals surface area contributed by atoms with Crippen molar-refractivity contribution < 1.29 is 19.4 Å². The first kappa shape index (κ1) is 15.8. The van der Waals surface area contributed by atoms with E-state index in [-0.39, 0.29) is 23.2 Å². The van der Waals surface area contributed by atoms with E-state index >= 15 is 0 Å². The van der Waals surface area contributed by atoms with Crippen molar-refractivity contribution in [3.63, 3.8) is 0 Å². The van der Waals surface area contributed by atoms with Gasteiger partial charge in [0.15, 0.2) is 0 Å². The monoisotopic (exact) mass is 317 g/mol. The van der Waals surface area contributed by atoms with Crippen molar-refractivity contribution in [3.8, 4) is 5.75 Å². The average Bonchev–Trinajstić information content (AvgIpc) is 3.27. The summed E-state index contributed by atoms with van der Waals surface area (Å²) in [5, 5.41) is 12.1. The van der Waals surface area contributed by atoms with Crippen LogP contribution in [0.2, 0.25) is 0 Å². The van der Waals surface area contributed by atoms with E-state index in [4.69, 9.17) is 4.74 Å². The van der Waals surface area contributed by atoms with Crippen LogP contribution < -0.4 is 10.1 Å². The van der Waals surface area contributed by atoms with Crippen LogP contribution in [0, 0.1) is 11.8 Å². The molecule has 124 valence electrons. The van der Waals surface area contributed by atoms with Crippen molar-refractivity contribution in [2.24, 2.45) is 11.8 Å².